The Balaban J connectivity index is 2.93. The van der Waals surface area contributed by atoms with Gasteiger partial charge in [-0.15, -0.1) is 0 Å². The smallest absolute Gasteiger partial charge is 0.331 e. The van der Waals surface area contributed by atoms with E-state index < -0.39 is 16.1 Å². The van der Waals surface area contributed by atoms with Crippen molar-refractivity contribution in [2.24, 2.45) is 0 Å². The zero-order valence-electron chi connectivity index (χ0n) is 17.0. The second-order valence-electron chi connectivity index (χ2n) is 6.84. The van der Waals surface area contributed by atoms with E-state index in [4.69, 9.17) is 11.6 Å². The molecule has 0 saturated carbocycles. The van der Waals surface area contributed by atoms with E-state index in [2.05, 4.69) is 12.2 Å². The molecule has 0 aliphatic rings. The Morgan fingerprint density at radius 2 is 1.75 bits per heavy atom. The minimum atomic E-state index is -4.08. The molecule has 0 aliphatic carbocycles. The van der Waals surface area contributed by atoms with Gasteiger partial charge < -0.3 is 5.32 Å². The second kappa shape index (κ2) is 12.1. The zero-order chi connectivity index (χ0) is 21.2. The van der Waals surface area contributed by atoms with Crippen molar-refractivity contribution in [1.29, 1.82) is 0 Å². The van der Waals surface area contributed by atoms with Gasteiger partial charge in [0.2, 0.25) is 0 Å². The molecule has 0 atom stereocenters. The number of hydrogen-bond donors (Lipinski definition) is 1. The lowest BCUT2D eigenvalue weighted by atomic mass is 10.0. The topological polar surface area (TPSA) is 83.6 Å². The summed E-state index contributed by atoms with van der Waals surface area (Å²) in [5.74, 6) is -0.0340. The highest BCUT2D eigenvalue weighted by molar-refractivity contribution is 7.89. The lowest BCUT2D eigenvalue weighted by Gasteiger charge is -2.20. The molecular weight excluding hydrogens is 400 g/mol. The van der Waals surface area contributed by atoms with E-state index in [1.807, 2.05) is 6.92 Å². The first-order valence-electron chi connectivity index (χ1n) is 9.80. The highest BCUT2D eigenvalue weighted by atomic mass is 35.5. The van der Waals surface area contributed by atoms with Crippen LogP contribution in [0.4, 0.5) is 4.79 Å². The van der Waals surface area contributed by atoms with Crippen LogP contribution >= 0.6 is 11.6 Å². The van der Waals surface area contributed by atoms with Gasteiger partial charge in [0.1, 0.15) is 5.78 Å². The quantitative estimate of drug-likeness (QED) is 0.493. The number of nitrogens with zero attached hydrogens (tertiary/aromatic N) is 1. The van der Waals surface area contributed by atoms with Crippen LogP contribution in [-0.4, -0.2) is 38.1 Å². The monoisotopic (exact) mass is 430 g/mol. The van der Waals surface area contributed by atoms with E-state index >= 15 is 0 Å². The molecule has 0 heterocycles. The van der Waals surface area contributed by atoms with Crippen molar-refractivity contribution in [3.05, 3.63) is 28.8 Å². The van der Waals surface area contributed by atoms with Gasteiger partial charge in [0.15, 0.2) is 0 Å². The zero-order valence-corrected chi connectivity index (χ0v) is 18.5. The largest absolute Gasteiger partial charge is 0.337 e. The van der Waals surface area contributed by atoms with Crippen molar-refractivity contribution >= 4 is 33.4 Å². The minimum absolute atomic E-state index is 0.0205. The molecule has 0 bridgehead atoms. The molecule has 158 valence electrons. The van der Waals surface area contributed by atoms with Crippen LogP contribution in [0.5, 0.6) is 0 Å². The summed E-state index contributed by atoms with van der Waals surface area (Å²) in [6.45, 7) is 4.38. The normalized spacial score (nSPS) is 11.3. The number of carbonyl (C=O) groups excluding carboxylic acids is 2. The van der Waals surface area contributed by atoms with Gasteiger partial charge in [-0.1, -0.05) is 51.1 Å². The molecular formula is C20H31ClN2O4S. The summed E-state index contributed by atoms with van der Waals surface area (Å²) in [4.78, 5) is 24.4. The number of nitrogens with one attached hydrogen (secondary N) is 1. The third-order valence-electron chi connectivity index (χ3n) is 4.42. The third kappa shape index (κ3) is 7.43. The molecule has 0 fully saturated rings. The number of unbranched alkanes of at least 4 members (excludes halogenated alkanes) is 4. The highest BCUT2D eigenvalue weighted by Crippen LogP contribution is 2.24. The molecule has 1 rings (SSSR count). The maximum Gasteiger partial charge on any atom is 0.331 e. The summed E-state index contributed by atoms with van der Waals surface area (Å²) in [6, 6.07) is 3.59. The molecule has 0 aromatic heterocycles. The summed E-state index contributed by atoms with van der Waals surface area (Å²) in [6.07, 6.45) is 6.24. The van der Waals surface area contributed by atoms with Gasteiger partial charge in [-0.05, 0) is 36.6 Å². The molecule has 0 spiro atoms. The fraction of sp³-hybridized carbons (Fsp3) is 0.600. The molecule has 0 unspecified atom stereocenters. The van der Waals surface area contributed by atoms with Crippen LogP contribution in [0.3, 0.4) is 0 Å². The lowest BCUT2D eigenvalue weighted by Crippen LogP contribution is -2.41. The van der Waals surface area contributed by atoms with Crippen LogP contribution in [0.25, 0.3) is 0 Å². The molecule has 1 N–H and O–H groups in total. The predicted octanol–water partition coefficient (Wildman–Crippen LogP) is 4.55. The van der Waals surface area contributed by atoms with E-state index in [0.717, 1.165) is 32.1 Å². The number of amides is 2. The van der Waals surface area contributed by atoms with E-state index in [9.17, 15) is 18.0 Å². The number of ketones is 1. The second-order valence-corrected chi connectivity index (χ2v) is 9.21. The number of sulfonamides is 1. The van der Waals surface area contributed by atoms with Crippen LogP contribution in [0.15, 0.2) is 23.1 Å². The molecule has 0 aliphatic heterocycles. The Morgan fingerprint density at radius 1 is 1.07 bits per heavy atom. The van der Waals surface area contributed by atoms with Gasteiger partial charge in [-0.3, -0.25) is 4.79 Å². The molecule has 1 aromatic carbocycles. The fourth-order valence-electron chi connectivity index (χ4n) is 2.76. The lowest BCUT2D eigenvalue weighted by molar-refractivity contribution is -0.118. The molecule has 8 heteroatoms. The first-order valence-corrected chi connectivity index (χ1v) is 11.6. The first-order chi connectivity index (χ1) is 13.2. The van der Waals surface area contributed by atoms with Crippen LogP contribution < -0.4 is 5.32 Å². The average Bonchev–Trinajstić information content (AvgIpc) is 2.65. The summed E-state index contributed by atoms with van der Waals surface area (Å²) in [5, 5.41) is 2.89. The van der Waals surface area contributed by atoms with Gasteiger partial charge in [0.05, 0.1) is 4.90 Å². The molecule has 6 nitrogen and oxygen atoms in total. The maximum atomic E-state index is 12.9. The van der Waals surface area contributed by atoms with Crippen molar-refractivity contribution in [3.63, 3.8) is 0 Å². The van der Waals surface area contributed by atoms with Crippen molar-refractivity contribution < 1.29 is 18.0 Å². The van der Waals surface area contributed by atoms with E-state index in [-0.39, 0.29) is 17.1 Å². The SMILES string of the molecule is CCCCCCCC(=O)Cc1cc(Cl)ccc1S(=O)(=O)N(C)C(=O)NCCC. The predicted molar refractivity (Wildman–Crippen MR) is 112 cm³/mol. The van der Waals surface area contributed by atoms with Gasteiger partial charge in [-0.25, -0.2) is 17.5 Å². The number of Topliss-reactive ketones (excluding diaryl/α,β-unsaturated/α-hetero) is 1. The fourth-order valence-corrected chi connectivity index (χ4v) is 4.24. The Hall–Kier alpha value is -1.60. The summed E-state index contributed by atoms with van der Waals surface area (Å²) < 4.78 is 26.5. The minimum Gasteiger partial charge on any atom is -0.337 e. The average molecular weight is 431 g/mol. The summed E-state index contributed by atoms with van der Waals surface area (Å²) in [5.41, 5.74) is 0.321. The number of carbonyl (C=O) groups is 2. The molecule has 28 heavy (non-hydrogen) atoms. The van der Waals surface area contributed by atoms with E-state index in [1.54, 1.807) is 0 Å². The van der Waals surface area contributed by atoms with Crippen LogP contribution in [-0.2, 0) is 21.2 Å². The van der Waals surface area contributed by atoms with E-state index in [0.29, 0.717) is 34.3 Å². The first kappa shape index (κ1) is 24.4. The summed E-state index contributed by atoms with van der Waals surface area (Å²) in [7, 11) is -2.88. The van der Waals surface area contributed by atoms with E-state index in [1.165, 1.54) is 25.2 Å². The van der Waals surface area contributed by atoms with Crippen molar-refractivity contribution in [3.8, 4) is 0 Å². The highest BCUT2D eigenvalue weighted by Gasteiger charge is 2.28. The molecule has 2 amide bonds. The van der Waals surface area contributed by atoms with Crippen molar-refractivity contribution in [2.45, 2.75) is 70.1 Å². The maximum absolute atomic E-state index is 12.9. The van der Waals surface area contributed by atoms with Crippen molar-refractivity contribution in [2.75, 3.05) is 13.6 Å². The number of urea groups is 1. The van der Waals surface area contributed by atoms with Crippen LogP contribution in [0.1, 0.15) is 64.4 Å². The Bertz CT molecular complexity index is 765. The van der Waals surface area contributed by atoms with Crippen molar-refractivity contribution in [1.82, 2.24) is 9.62 Å². The van der Waals surface area contributed by atoms with Gasteiger partial charge >= 0.3 is 6.03 Å². The third-order valence-corrected chi connectivity index (χ3v) is 6.50. The number of hydrogen-bond acceptors (Lipinski definition) is 4. The standard InChI is InChI=1S/C20H31ClN2O4S/c1-4-6-7-8-9-10-18(24)15-16-14-17(21)11-12-19(16)28(26,27)23(3)20(25)22-13-5-2/h11-12,14H,4-10,13,15H2,1-3H3,(H,22,25). The number of benzene rings is 1. The van der Waals surface area contributed by atoms with Gasteiger partial charge in [0, 0.05) is 31.5 Å². The number of halogens is 1. The van der Waals surface area contributed by atoms with Gasteiger partial charge in [-0.2, -0.15) is 0 Å². The Labute approximate surface area is 173 Å². The Morgan fingerprint density at radius 3 is 2.39 bits per heavy atom. The molecule has 0 radical (unpaired) electrons. The molecule has 1 aromatic rings. The van der Waals surface area contributed by atoms with Crippen LogP contribution in [0.2, 0.25) is 5.02 Å². The Kier molecular flexibility index (Phi) is 10.5. The van der Waals surface area contributed by atoms with Crippen LogP contribution in [0, 0.1) is 0 Å². The van der Waals surface area contributed by atoms with Gasteiger partial charge in [0.25, 0.3) is 10.0 Å². The molecule has 0 saturated heterocycles. The summed E-state index contributed by atoms with van der Waals surface area (Å²) >= 11 is 6.02. The number of rotatable bonds is 12.